The van der Waals surface area contributed by atoms with Gasteiger partial charge in [-0.25, -0.2) is 4.39 Å². The Hall–Kier alpha value is -1.31. The van der Waals surface area contributed by atoms with Gasteiger partial charge >= 0.3 is 0 Å². The fraction of sp³-hybridized carbons (Fsp3) is 0.385. The minimum atomic E-state index is -0.175. The number of rotatable bonds is 0. The Kier molecular flexibility index (Phi) is 2.10. The second kappa shape index (κ2) is 3.09. The number of aryl methyl sites for hydroxylation is 1. The van der Waals surface area contributed by atoms with E-state index < -0.39 is 0 Å². The Bertz CT molecular complexity index is 503. The van der Waals surface area contributed by atoms with Crippen molar-refractivity contribution < 1.29 is 4.39 Å². The van der Waals surface area contributed by atoms with Crippen LogP contribution in [0.2, 0.25) is 0 Å². The van der Waals surface area contributed by atoms with Crippen LogP contribution in [0.3, 0.4) is 0 Å². The van der Waals surface area contributed by atoms with Crippen molar-refractivity contribution in [3.63, 3.8) is 0 Å². The summed E-state index contributed by atoms with van der Waals surface area (Å²) in [7, 11) is 0. The Morgan fingerprint density at radius 2 is 1.87 bits per heavy atom. The molecule has 1 nitrogen and oxygen atoms in total. The second-order valence-corrected chi connectivity index (χ2v) is 5.01. The van der Waals surface area contributed by atoms with Gasteiger partial charge in [-0.2, -0.15) is 0 Å². The number of nitrogens with zero attached hydrogens (tertiary/aromatic N) is 1. The van der Waals surface area contributed by atoms with E-state index in [0.29, 0.717) is 0 Å². The number of halogens is 1. The Balaban J connectivity index is 2.81. The minimum Gasteiger partial charge on any atom is -0.342 e. The summed E-state index contributed by atoms with van der Waals surface area (Å²) < 4.78 is 15.3. The Morgan fingerprint density at radius 1 is 1.20 bits per heavy atom. The molecule has 80 valence electrons. The lowest BCUT2D eigenvalue weighted by Crippen LogP contribution is -2.20. The predicted molar refractivity (Wildman–Crippen MR) is 61.6 cm³/mol. The third-order valence-electron chi connectivity index (χ3n) is 2.69. The molecule has 2 heteroatoms. The van der Waals surface area contributed by atoms with Crippen LogP contribution in [0, 0.1) is 12.7 Å². The summed E-state index contributed by atoms with van der Waals surface area (Å²) in [6, 6.07) is 4.97. The highest BCUT2D eigenvalue weighted by atomic mass is 19.1. The molecule has 1 aromatic carbocycles. The summed E-state index contributed by atoms with van der Waals surface area (Å²) >= 11 is 0. The maximum Gasteiger partial charge on any atom is 0.125 e. The van der Waals surface area contributed by atoms with E-state index in [4.69, 9.17) is 0 Å². The molecule has 0 radical (unpaired) electrons. The topological polar surface area (TPSA) is 4.93 Å². The van der Waals surface area contributed by atoms with E-state index in [1.165, 1.54) is 11.6 Å². The van der Waals surface area contributed by atoms with E-state index in [1.807, 2.05) is 6.07 Å². The van der Waals surface area contributed by atoms with Gasteiger partial charge in [0.25, 0.3) is 0 Å². The van der Waals surface area contributed by atoms with Crippen LogP contribution in [0.1, 0.15) is 26.3 Å². The first-order chi connectivity index (χ1) is 6.89. The van der Waals surface area contributed by atoms with Crippen molar-refractivity contribution in [3.8, 4) is 0 Å². The lowest BCUT2D eigenvalue weighted by molar-refractivity contribution is 0.410. The summed E-state index contributed by atoms with van der Waals surface area (Å²) in [5.74, 6) is -0.175. The molecule has 0 bridgehead atoms. The van der Waals surface area contributed by atoms with Gasteiger partial charge < -0.3 is 4.57 Å². The van der Waals surface area contributed by atoms with Gasteiger partial charge in [0.05, 0.1) is 5.52 Å². The van der Waals surface area contributed by atoms with Crippen LogP contribution >= 0.6 is 0 Å². The molecule has 0 amide bonds. The standard InChI is InChI=1S/C13H16FN/c1-9-8-15(13(2,3)4)12-7-10(14)5-6-11(9)12/h5-8H,1-4H3. The summed E-state index contributed by atoms with van der Waals surface area (Å²) in [6.45, 7) is 8.42. The molecule has 0 unspecified atom stereocenters. The van der Waals surface area contributed by atoms with E-state index in [1.54, 1.807) is 6.07 Å². The van der Waals surface area contributed by atoms with E-state index >= 15 is 0 Å². The van der Waals surface area contributed by atoms with Gasteiger partial charge in [-0.05, 0) is 51.5 Å². The first kappa shape index (κ1) is 10.2. The van der Waals surface area contributed by atoms with Crippen molar-refractivity contribution in [1.29, 1.82) is 0 Å². The van der Waals surface area contributed by atoms with Crippen LogP contribution in [0.5, 0.6) is 0 Å². The molecule has 0 saturated carbocycles. The fourth-order valence-corrected chi connectivity index (χ4v) is 1.93. The number of hydrogen-bond donors (Lipinski definition) is 0. The molecule has 1 aromatic heterocycles. The number of hydrogen-bond acceptors (Lipinski definition) is 0. The van der Waals surface area contributed by atoms with Gasteiger partial charge in [0.2, 0.25) is 0 Å². The number of benzene rings is 1. The van der Waals surface area contributed by atoms with Crippen molar-refractivity contribution in [2.45, 2.75) is 33.2 Å². The average molecular weight is 205 g/mol. The molecule has 1 heterocycles. The zero-order valence-electron chi connectivity index (χ0n) is 9.63. The smallest absolute Gasteiger partial charge is 0.125 e. The SMILES string of the molecule is Cc1cn(C(C)(C)C)c2cc(F)ccc12. The van der Waals surface area contributed by atoms with E-state index in [0.717, 1.165) is 10.9 Å². The number of fused-ring (bicyclic) bond motifs is 1. The molecule has 2 aromatic rings. The highest BCUT2D eigenvalue weighted by molar-refractivity contribution is 5.84. The molecule has 0 saturated heterocycles. The predicted octanol–water partition coefficient (Wildman–Crippen LogP) is 3.84. The van der Waals surface area contributed by atoms with Crippen LogP contribution in [0.15, 0.2) is 24.4 Å². The van der Waals surface area contributed by atoms with E-state index in [9.17, 15) is 4.39 Å². The first-order valence-corrected chi connectivity index (χ1v) is 5.17. The van der Waals surface area contributed by atoms with Crippen LogP contribution < -0.4 is 0 Å². The molecule has 0 spiro atoms. The Morgan fingerprint density at radius 3 is 2.47 bits per heavy atom. The van der Waals surface area contributed by atoms with Gasteiger partial charge in [0.1, 0.15) is 5.82 Å². The highest BCUT2D eigenvalue weighted by Crippen LogP contribution is 2.27. The summed E-state index contributed by atoms with van der Waals surface area (Å²) in [4.78, 5) is 0. The highest BCUT2D eigenvalue weighted by Gasteiger charge is 2.16. The lowest BCUT2D eigenvalue weighted by atomic mass is 10.1. The van der Waals surface area contributed by atoms with Crippen LogP contribution in [0.4, 0.5) is 4.39 Å². The lowest BCUT2D eigenvalue weighted by Gasteiger charge is -2.22. The van der Waals surface area contributed by atoms with Gasteiger partial charge in [-0.15, -0.1) is 0 Å². The molecular weight excluding hydrogens is 189 g/mol. The third-order valence-corrected chi connectivity index (χ3v) is 2.69. The molecule has 0 aliphatic rings. The maximum atomic E-state index is 13.2. The van der Waals surface area contributed by atoms with Crippen LogP contribution in [-0.4, -0.2) is 4.57 Å². The summed E-state index contributed by atoms with van der Waals surface area (Å²) in [6.07, 6.45) is 2.09. The molecule has 2 rings (SSSR count). The molecule has 0 N–H and O–H groups in total. The molecule has 0 aliphatic carbocycles. The monoisotopic (exact) mass is 205 g/mol. The summed E-state index contributed by atoms with van der Waals surface area (Å²) in [5, 5.41) is 1.13. The van der Waals surface area contributed by atoms with Gasteiger partial charge in [-0.1, -0.05) is 0 Å². The zero-order valence-corrected chi connectivity index (χ0v) is 9.63. The van der Waals surface area contributed by atoms with Crippen molar-refractivity contribution in [2.75, 3.05) is 0 Å². The molecule has 0 atom stereocenters. The molecule has 0 fully saturated rings. The maximum absolute atomic E-state index is 13.2. The zero-order chi connectivity index (χ0) is 11.2. The van der Waals surface area contributed by atoms with Crippen molar-refractivity contribution in [2.24, 2.45) is 0 Å². The Labute approximate surface area is 89.5 Å². The molecular formula is C13H16FN. The van der Waals surface area contributed by atoms with Crippen molar-refractivity contribution >= 4 is 10.9 Å². The van der Waals surface area contributed by atoms with Crippen molar-refractivity contribution in [1.82, 2.24) is 4.57 Å². The van der Waals surface area contributed by atoms with Crippen molar-refractivity contribution in [3.05, 3.63) is 35.8 Å². The normalized spacial score (nSPS) is 12.3. The summed E-state index contributed by atoms with van der Waals surface area (Å²) in [5.41, 5.74) is 2.15. The fourth-order valence-electron chi connectivity index (χ4n) is 1.93. The van der Waals surface area contributed by atoms with Crippen LogP contribution in [0.25, 0.3) is 10.9 Å². The first-order valence-electron chi connectivity index (χ1n) is 5.17. The second-order valence-electron chi connectivity index (χ2n) is 5.01. The van der Waals surface area contributed by atoms with Gasteiger partial charge in [-0.3, -0.25) is 0 Å². The number of aromatic nitrogens is 1. The third kappa shape index (κ3) is 1.65. The largest absolute Gasteiger partial charge is 0.342 e. The molecule has 0 aliphatic heterocycles. The van der Waals surface area contributed by atoms with Gasteiger partial charge in [0.15, 0.2) is 0 Å². The van der Waals surface area contributed by atoms with E-state index in [2.05, 4.69) is 38.5 Å². The van der Waals surface area contributed by atoms with E-state index in [-0.39, 0.29) is 11.4 Å². The quantitative estimate of drug-likeness (QED) is 0.615. The van der Waals surface area contributed by atoms with Gasteiger partial charge in [0, 0.05) is 17.1 Å². The minimum absolute atomic E-state index is 0.0136. The molecule has 15 heavy (non-hydrogen) atoms. The average Bonchev–Trinajstić information content (AvgIpc) is 2.42. The van der Waals surface area contributed by atoms with Crippen LogP contribution in [-0.2, 0) is 5.54 Å².